The highest BCUT2D eigenvalue weighted by atomic mass is 16.5. The molecule has 0 unspecified atom stereocenters. The molecule has 6 nitrogen and oxygen atoms in total. The Morgan fingerprint density at radius 2 is 2.15 bits per heavy atom. The molecule has 0 atom stereocenters. The highest BCUT2D eigenvalue weighted by Gasteiger charge is 2.15. The number of hydrogen-bond donors (Lipinski definition) is 2. The van der Waals surface area contributed by atoms with Crippen molar-refractivity contribution in [3.63, 3.8) is 0 Å². The molecule has 1 aromatic carbocycles. The number of aromatic carboxylic acids is 1. The van der Waals surface area contributed by atoms with Gasteiger partial charge >= 0.3 is 5.97 Å². The van der Waals surface area contributed by atoms with Crippen molar-refractivity contribution in [3.05, 3.63) is 41.3 Å². The molecule has 0 saturated heterocycles. The van der Waals surface area contributed by atoms with Gasteiger partial charge in [0.2, 0.25) is 0 Å². The van der Waals surface area contributed by atoms with Gasteiger partial charge in [-0.05, 0) is 25.5 Å². The number of anilines is 1. The second-order valence-electron chi connectivity index (χ2n) is 4.47. The molecule has 1 heterocycles. The molecule has 0 aliphatic carbocycles. The van der Waals surface area contributed by atoms with Gasteiger partial charge in [0.1, 0.15) is 5.75 Å². The topological polar surface area (TPSA) is 86.8 Å². The first-order valence-corrected chi connectivity index (χ1v) is 6.24. The van der Waals surface area contributed by atoms with Gasteiger partial charge in [0, 0.05) is 24.4 Å². The summed E-state index contributed by atoms with van der Waals surface area (Å²) in [5, 5.41) is 21.9. The number of carbonyl (C=O) groups is 1. The molecule has 6 heteroatoms. The SMILES string of the molecule is CCN(Cc1cc(C(=O)O)no1)c1cc(O)ccc1C. The minimum Gasteiger partial charge on any atom is -0.508 e. The van der Waals surface area contributed by atoms with Crippen molar-refractivity contribution in [3.8, 4) is 5.75 Å². The van der Waals surface area contributed by atoms with Crippen LogP contribution in [0.25, 0.3) is 0 Å². The van der Waals surface area contributed by atoms with E-state index >= 15 is 0 Å². The number of nitrogens with zero attached hydrogens (tertiary/aromatic N) is 2. The molecule has 0 bridgehead atoms. The van der Waals surface area contributed by atoms with E-state index in [0.717, 1.165) is 11.3 Å². The predicted molar refractivity (Wildman–Crippen MR) is 73.0 cm³/mol. The zero-order valence-corrected chi connectivity index (χ0v) is 11.3. The maximum atomic E-state index is 10.8. The second kappa shape index (κ2) is 5.64. The lowest BCUT2D eigenvalue weighted by Crippen LogP contribution is -2.22. The Kier molecular flexibility index (Phi) is 3.93. The molecule has 2 rings (SSSR count). The van der Waals surface area contributed by atoms with Gasteiger partial charge in [-0.1, -0.05) is 11.2 Å². The fourth-order valence-electron chi connectivity index (χ4n) is 1.98. The van der Waals surface area contributed by atoms with E-state index in [-0.39, 0.29) is 11.4 Å². The highest BCUT2D eigenvalue weighted by Crippen LogP contribution is 2.26. The van der Waals surface area contributed by atoms with Crippen LogP contribution >= 0.6 is 0 Å². The Morgan fingerprint density at radius 1 is 1.40 bits per heavy atom. The molecule has 0 aliphatic heterocycles. The minimum atomic E-state index is -1.11. The summed E-state index contributed by atoms with van der Waals surface area (Å²) in [7, 11) is 0. The van der Waals surface area contributed by atoms with Crippen LogP contribution in [0, 0.1) is 6.92 Å². The van der Waals surface area contributed by atoms with Gasteiger partial charge in [-0.15, -0.1) is 0 Å². The fourth-order valence-corrected chi connectivity index (χ4v) is 1.98. The minimum absolute atomic E-state index is 0.108. The van der Waals surface area contributed by atoms with Crippen molar-refractivity contribution in [2.45, 2.75) is 20.4 Å². The van der Waals surface area contributed by atoms with Crippen molar-refractivity contribution in [1.82, 2.24) is 5.16 Å². The quantitative estimate of drug-likeness (QED) is 0.872. The van der Waals surface area contributed by atoms with Crippen LogP contribution in [-0.4, -0.2) is 27.9 Å². The number of hydrogen-bond acceptors (Lipinski definition) is 5. The van der Waals surface area contributed by atoms with Gasteiger partial charge in [-0.2, -0.15) is 0 Å². The van der Waals surface area contributed by atoms with Crippen LogP contribution in [0.15, 0.2) is 28.8 Å². The first-order chi connectivity index (χ1) is 9.51. The molecule has 0 amide bonds. The third-order valence-electron chi connectivity index (χ3n) is 3.04. The van der Waals surface area contributed by atoms with E-state index in [0.29, 0.717) is 18.8 Å². The molecule has 20 heavy (non-hydrogen) atoms. The Balaban J connectivity index is 2.23. The molecule has 2 N–H and O–H groups in total. The number of carboxylic acids is 1. The highest BCUT2D eigenvalue weighted by molar-refractivity contribution is 5.85. The number of aromatic hydroxyl groups is 1. The van der Waals surface area contributed by atoms with Crippen molar-refractivity contribution in [2.24, 2.45) is 0 Å². The van der Waals surface area contributed by atoms with Gasteiger partial charge < -0.3 is 19.6 Å². The molecule has 0 spiro atoms. The summed E-state index contributed by atoms with van der Waals surface area (Å²) in [4.78, 5) is 12.7. The molecule has 106 valence electrons. The average Bonchev–Trinajstić information content (AvgIpc) is 2.88. The molecular formula is C14H16N2O4. The molecule has 0 radical (unpaired) electrons. The first kappa shape index (κ1) is 13.9. The summed E-state index contributed by atoms with van der Waals surface area (Å²) in [6.07, 6.45) is 0. The van der Waals surface area contributed by atoms with Gasteiger partial charge in [0.15, 0.2) is 11.5 Å². The summed E-state index contributed by atoms with van der Waals surface area (Å²) in [6.45, 7) is 4.99. The summed E-state index contributed by atoms with van der Waals surface area (Å²) < 4.78 is 5.01. The zero-order valence-electron chi connectivity index (χ0n) is 11.3. The van der Waals surface area contributed by atoms with E-state index in [9.17, 15) is 9.90 Å². The van der Waals surface area contributed by atoms with Crippen molar-refractivity contribution in [1.29, 1.82) is 0 Å². The zero-order chi connectivity index (χ0) is 14.7. The number of phenols is 1. The van der Waals surface area contributed by atoms with E-state index in [2.05, 4.69) is 5.16 Å². The summed E-state index contributed by atoms with van der Waals surface area (Å²) in [5.74, 6) is -0.462. The van der Waals surface area contributed by atoms with Crippen LogP contribution in [0.3, 0.4) is 0 Å². The van der Waals surface area contributed by atoms with Crippen LogP contribution in [0.4, 0.5) is 5.69 Å². The Hall–Kier alpha value is -2.50. The van der Waals surface area contributed by atoms with Gasteiger partial charge in [-0.25, -0.2) is 4.79 Å². The third-order valence-corrected chi connectivity index (χ3v) is 3.04. The third kappa shape index (κ3) is 2.90. The Morgan fingerprint density at radius 3 is 2.75 bits per heavy atom. The van der Waals surface area contributed by atoms with E-state index in [1.54, 1.807) is 12.1 Å². The summed E-state index contributed by atoms with van der Waals surface area (Å²) in [6, 6.07) is 6.54. The number of phenolic OH excluding ortho intramolecular Hbond substituents is 1. The molecule has 1 aromatic heterocycles. The molecular weight excluding hydrogens is 260 g/mol. The summed E-state index contributed by atoms with van der Waals surface area (Å²) in [5.41, 5.74) is 1.78. The predicted octanol–water partition coefficient (Wildman–Crippen LogP) is 2.41. The van der Waals surface area contributed by atoms with Crippen molar-refractivity contribution < 1.29 is 19.5 Å². The average molecular weight is 276 g/mol. The van der Waals surface area contributed by atoms with E-state index in [4.69, 9.17) is 9.63 Å². The van der Waals surface area contributed by atoms with E-state index < -0.39 is 5.97 Å². The monoisotopic (exact) mass is 276 g/mol. The Bertz CT molecular complexity index is 621. The van der Waals surface area contributed by atoms with Crippen LogP contribution in [0.1, 0.15) is 28.7 Å². The van der Waals surface area contributed by atoms with Crippen LogP contribution < -0.4 is 4.90 Å². The van der Waals surface area contributed by atoms with Gasteiger partial charge in [0.25, 0.3) is 0 Å². The first-order valence-electron chi connectivity index (χ1n) is 6.24. The van der Waals surface area contributed by atoms with Crippen LogP contribution in [-0.2, 0) is 6.54 Å². The number of carboxylic acid groups (broad SMARTS) is 1. The lowest BCUT2D eigenvalue weighted by atomic mass is 10.1. The molecule has 2 aromatic rings. The number of aromatic nitrogens is 1. The lowest BCUT2D eigenvalue weighted by molar-refractivity contribution is 0.0685. The second-order valence-corrected chi connectivity index (χ2v) is 4.47. The van der Waals surface area contributed by atoms with Crippen molar-refractivity contribution >= 4 is 11.7 Å². The number of benzene rings is 1. The van der Waals surface area contributed by atoms with Gasteiger partial charge in [0.05, 0.1) is 6.54 Å². The molecule has 0 fully saturated rings. The molecule has 0 saturated carbocycles. The maximum Gasteiger partial charge on any atom is 0.358 e. The van der Waals surface area contributed by atoms with Crippen molar-refractivity contribution in [2.75, 3.05) is 11.4 Å². The number of aryl methyl sites for hydroxylation is 1. The fraction of sp³-hybridized carbons (Fsp3) is 0.286. The normalized spacial score (nSPS) is 10.5. The molecule has 0 aliphatic rings. The smallest absolute Gasteiger partial charge is 0.358 e. The standard InChI is InChI=1S/C14H16N2O4/c1-3-16(13-6-10(17)5-4-9(13)2)8-11-7-12(14(18)19)15-20-11/h4-7,17H,3,8H2,1-2H3,(H,18,19). The largest absolute Gasteiger partial charge is 0.508 e. The lowest BCUT2D eigenvalue weighted by Gasteiger charge is -2.23. The van der Waals surface area contributed by atoms with E-state index in [1.165, 1.54) is 6.07 Å². The Labute approximate surface area is 116 Å². The van der Waals surface area contributed by atoms with E-state index in [1.807, 2.05) is 24.8 Å². The number of rotatable bonds is 5. The van der Waals surface area contributed by atoms with Gasteiger partial charge in [-0.3, -0.25) is 0 Å². The summed E-state index contributed by atoms with van der Waals surface area (Å²) >= 11 is 0. The van der Waals surface area contributed by atoms with Crippen LogP contribution in [0.5, 0.6) is 5.75 Å². The van der Waals surface area contributed by atoms with Crippen LogP contribution in [0.2, 0.25) is 0 Å². The maximum absolute atomic E-state index is 10.8.